The normalized spacial score (nSPS) is 31.7. The first-order valence-electron chi connectivity index (χ1n) is 21.3. The molecular weight excluding hydrogens is 891 g/mol. The molecule has 0 amide bonds. The first-order chi connectivity index (χ1) is 29.0. The van der Waals surface area contributed by atoms with Gasteiger partial charge in [0.1, 0.15) is 12.1 Å². The molecule has 65 heavy (non-hydrogen) atoms. The lowest BCUT2D eigenvalue weighted by Crippen LogP contribution is -2.56. The number of Topliss-reactive ketones (excluding diaryl/α,β-unsaturated/α-hetero) is 3. The van der Waals surface area contributed by atoms with Gasteiger partial charge in [-0.1, -0.05) is 87.5 Å². The summed E-state index contributed by atoms with van der Waals surface area (Å²) in [5.41, 5.74) is -2.54. The third-order valence-corrected chi connectivity index (χ3v) is 14.2. The number of halogens is 10. The van der Waals surface area contributed by atoms with E-state index < -0.39 is 65.1 Å². The van der Waals surface area contributed by atoms with Crippen molar-refractivity contribution in [3.05, 3.63) is 46.5 Å². The molecule has 1 N–H and O–H groups in total. The Morgan fingerprint density at radius 2 is 1.00 bits per heavy atom. The largest absolute Gasteiger partial charge is 0.401 e. The Bertz CT molecular complexity index is 1920. The fourth-order valence-electron chi connectivity index (χ4n) is 11.4. The van der Waals surface area contributed by atoms with Crippen molar-refractivity contribution in [3.63, 3.8) is 0 Å². The number of carbonyl (C=O) groups is 3. The second-order valence-corrected chi connectivity index (χ2v) is 20.5. The van der Waals surface area contributed by atoms with Crippen LogP contribution in [0.15, 0.2) is 35.1 Å². The zero-order valence-corrected chi connectivity index (χ0v) is 39.5. The van der Waals surface area contributed by atoms with Crippen LogP contribution in [-0.4, -0.2) is 98.0 Å². The summed E-state index contributed by atoms with van der Waals surface area (Å²) in [6.45, 7) is 26.3. The van der Waals surface area contributed by atoms with E-state index in [1.54, 1.807) is 39.8 Å². The van der Waals surface area contributed by atoms with Gasteiger partial charge in [0.05, 0.1) is 30.8 Å². The van der Waals surface area contributed by atoms with Gasteiger partial charge in [-0.3, -0.25) is 19.4 Å². The Hall–Kier alpha value is -3.76. The molecule has 3 aliphatic heterocycles. The van der Waals surface area contributed by atoms with Crippen LogP contribution in [0.4, 0.5) is 39.5 Å². The highest BCUT2D eigenvalue weighted by atomic mass is 35.5. The molecule has 3 fully saturated rings. The topological polar surface area (TPSA) is 122 Å². The minimum absolute atomic E-state index is 0. The summed E-state index contributed by atoms with van der Waals surface area (Å²) in [6, 6.07) is 3.80. The minimum Gasteiger partial charge on any atom is -0.316 e. The molecule has 0 aromatic rings. The Kier molecular flexibility index (Phi) is 17.8. The number of nitriles is 2. The van der Waals surface area contributed by atoms with Crippen molar-refractivity contribution >= 4 is 29.8 Å². The van der Waals surface area contributed by atoms with Crippen LogP contribution < -0.4 is 5.32 Å². The van der Waals surface area contributed by atoms with Gasteiger partial charge >= 0.3 is 18.5 Å². The molecule has 364 valence electrons. The van der Waals surface area contributed by atoms with Crippen LogP contribution in [0, 0.1) is 79.5 Å². The standard InChI is InChI=1S/2C15H19F3N2O.C13H18N2O.C3H5F3.ClH/c2*1-13(2)11-4-5-20(9-15(16,17)18)8-14(11,3)6-10(7-19)12(13)21;1-12(2)10-5-6-15-8-13(10,3)7-9(14-4)11(12)16;1-2-3(4,5)6;/h2*6,11H,4-5,8-9H2,1-3H3;7,10,15H,5-6,8H2,1-3H3;2H2,1H3;1H/t2*11-,14+;10-,13+;;/m100../s1. The molecule has 0 unspecified atom stereocenters. The van der Waals surface area contributed by atoms with Crippen LogP contribution >= 0.6 is 12.4 Å². The van der Waals surface area contributed by atoms with Gasteiger partial charge in [-0.05, 0) is 62.1 Å². The van der Waals surface area contributed by atoms with Gasteiger partial charge in [0, 0.05) is 53.1 Å². The van der Waals surface area contributed by atoms with Crippen LogP contribution in [0.5, 0.6) is 0 Å². The lowest BCUT2D eigenvalue weighted by atomic mass is 9.55. The molecule has 0 aromatic heterocycles. The summed E-state index contributed by atoms with van der Waals surface area (Å²) in [5, 5.41) is 21.6. The van der Waals surface area contributed by atoms with Crippen molar-refractivity contribution in [3.8, 4) is 12.1 Å². The van der Waals surface area contributed by atoms with Gasteiger partial charge in [-0.25, -0.2) is 4.85 Å². The number of nitrogens with zero attached hydrogens (tertiary/aromatic N) is 5. The molecule has 3 saturated heterocycles. The summed E-state index contributed by atoms with van der Waals surface area (Å²) in [4.78, 5) is 42.9. The van der Waals surface area contributed by atoms with E-state index in [2.05, 4.69) is 17.1 Å². The predicted octanol–water partition coefficient (Wildman–Crippen LogP) is 10.3. The number of carbonyl (C=O) groups excluding carboxylic acids is 3. The maximum Gasteiger partial charge on any atom is 0.401 e. The number of likely N-dealkylation sites (tertiary alicyclic amines) is 2. The van der Waals surface area contributed by atoms with Crippen LogP contribution in [0.25, 0.3) is 4.85 Å². The SMILES string of the molecule is CC1(C)C(=O)C(C#N)=C[C@@]2(C)CN(CC(F)(F)F)CC[C@H]12.CC1(C)C(=O)C(C#N)=C[C@]2(C)CN(CC(F)(F)F)CC[C@@H]12.CCC(F)(F)F.Cl.[C-]#[N+]C1=C[C@]2(C)CNCC[C@H]2C(C)(C)C1=O. The van der Waals surface area contributed by atoms with Gasteiger partial charge in [-0.2, -0.15) is 50.0 Å². The third-order valence-electron chi connectivity index (χ3n) is 14.2. The second kappa shape index (κ2) is 20.2. The highest BCUT2D eigenvalue weighted by molar-refractivity contribution is 6.05. The number of allylic oxidation sites excluding steroid dienone is 3. The van der Waals surface area contributed by atoms with Crippen molar-refractivity contribution in [1.29, 1.82) is 10.5 Å². The molecule has 0 bridgehead atoms. The van der Waals surface area contributed by atoms with Crippen LogP contribution in [0.3, 0.4) is 0 Å². The summed E-state index contributed by atoms with van der Waals surface area (Å²) in [7, 11) is 0. The number of hydrogen-bond donors (Lipinski definition) is 1. The van der Waals surface area contributed by atoms with Crippen molar-refractivity contribution < 1.29 is 53.9 Å². The Morgan fingerprint density at radius 1 is 0.646 bits per heavy atom. The third kappa shape index (κ3) is 13.2. The molecule has 6 aliphatic rings. The lowest BCUT2D eigenvalue weighted by Gasteiger charge is -2.53. The van der Waals surface area contributed by atoms with E-state index in [4.69, 9.17) is 17.1 Å². The molecule has 0 saturated carbocycles. The van der Waals surface area contributed by atoms with E-state index in [1.807, 2.05) is 45.9 Å². The van der Waals surface area contributed by atoms with Gasteiger partial charge < -0.3 is 10.1 Å². The number of ketones is 3. The van der Waals surface area contributed by atoms with E-state index >= 15 is 0 Å². The highest BCUT2D eigenvalue weighted by Crippen LogP contribution is 2.54. The van der Waals surface area contributed by atoms with Crippen LogP contribution in [0.2, 0.25) is 0 Å². The Morgan fingerprint density at radius 3 is 1.32 bits per heavy atom. The molecule has 6 rings (SSSR count). The van der Waals surface area contributed by atoms with Gasteiger partial charge in [0.25, 0.3) is 0 Å². The maximum absolute atomic E-state index is 12.6. The van der Waals surface area contributed by atoms with E-state index in [9.17, 15) is 53.9 Å². The fourth-order valence-corrected chi connectivity index (χ4v) is 11.4. The van der Waals surface area contributed by atoms with Gasteiger partial charge in [0.2, 0.25) is 5.70 Å². The zero-order valence-electron chi connectivity index (χ0n) is 38.7. The molecule has 6 atom stereocenters. The molecule has 3 aliphatic carbocycles. The zero-order chi connectivity index (χ0) is 49.3. The first-order valence-corrected chi connectivity index (χ1v) is 21.3. The number of nitrogens with one attached hydrogen (secondary N) is 1. The van der Waals surface area contributed by atoms with Crippen molar-refractivity contribution in [2.24, 2.45) is 50.2 Å². The molecule has 0 spiro atoms. The molecule has 19 heteroatoms. The van der Waals surface area contributed by atoms with E-state index in [-0.39, 0.29) is 71.2 Å². The first kappa shape index (κ1) is 57.4. The van der Waals surface area contributed by atoms with E-state index in [1.165, 1.54) is 9.80 Å². The number of fused-ring (bicyclic) bond motifs is 3. The average molecular weight is 953 g/mol. The van der Waals surface area contributed by atoms with Gasteiger partial charge in [-0.15, -0.1) is 12.4 Å². The number of piperidine rings is 3. The number of alkyl halides is 9. The molecular formula is C46H62ClF9N6O3. The van der Waals surface area contributed by atoms with Crippen molar-refractivity contribution in [1.82, 2.24) is 15.1 Å². The summed E-state index contributed by atoms with van der Waals surface area (Å²) in [6.07, 6.45) is -6.01. The van der Waals surface area contributed by atoms with E-state index in [0.717, 1.165) is 26.4 Å². The maximum atomic E-state index is 12.6. The molecule has 9 nitrogen and oxygen atoms in total. The predicted molar refractivity (Wildman–Crippen MR) is 229 cm³/mol. The molecule has 0 radical (unpaired) electrons. The van der Waals surface area contributed by atoms with Crippen LogP contribution in [0.1, 0.15) is 94.9 Å². The quantitative estimate of drug-likeness (QED) is 0.215. The van der Waals surface area contributed by atoms with Crippen molar-refractivity contribution in [2.45, 2.75) is 113 Å². The fraction of sp³-hybridized carbons (Fsp3) is 0.739. The smallest absolute Gasteiger partial charge is 0.316 e. The average Bonchev–Trinajstić information content (AvgIpc) is 3.15. The number of rotatable bonds is 2. The summed E-state index contributed by atoms with van der Waals surface area (Å²) < 4.78 is 108. The van der Waals surface area contributed by atoms with E-state index in [0.29, 0.717) is 37.5 Å². The monoisotopic (exact) mass is 952 g/mol. The summed E-state index contributed by atoms with van der Waals surface area (Å²) >= 11 is 0. The van der Waals surface area contributed by atoms with Gasteiger partial charge in [0.15, 0.2) is 17.3 Å². The highest BCUT2D eigenvalue weighted by Gasteiger charge is 2.56. The molecule has 0 aromatic carbocycles. The minimum atomic E-state index is -4.23. The molecule has 3 heterocycles. The lowest BCUT2D eigenvalue weighted by molar-refractivity contribution is -0.159. The van der Waals surface area contributed by atoms with Crippen LogP contribution in [-0.2, 0) is 14.4 Å². The Labute approximate surface area is 383 Å². The van der Waals surface area contributed by atoms with Crippen molar-refractivity contribution in [2.75, 3.05) is 52.4 Å². The number of hydrogen-bond acceptors (Lipinski definition) is 8. The summed E-state index contributed by atoms with van der Waals surface area (Å²) in [5.74, 6) is -0.113. The Balaban J connectivity index is 0.000000315. The second-order valence-electron chi connectivity index (χ2n) is 20.5.